The van der Waals surface area contributed by atoms with Crippen molar-refractivity contribution in [1.29, 1.82) is 0 Å². The third-order valence-corrected chi connectivity index (χ3v) is 5.41. The van der Waals surface area contributed by atoms with Crippen LogP contribution in [-0.2, 0) is 6.61 Å². The van der Waals surface area contributed by atoms with Crippen LogP contribution in [0.2, 0.25) is 0 Å². The van der Waals surface area contributed by atoms with Crippen LogP contribution in [0, 0.1) is 27.7 Å². The molecular weight excluding hydrogens is 344 g/mol. The van der Waals surface area contributed by atoms with Crippen molar-refractivity contribution < 1.29 is 9.53 Å². The monoisotopic (exact) mass is 366 g/mol. The lowest BCUT2D eigenvalue weighted by Crippen LogP contribution is -2.12. The predicted molar refractivity (Wildman–Crippen MR) is 106 cm³/mol. The molecule has 3 aromatic rings. The number of ether oxygens (including phenoxy) is 1. The highest BCUT2D eigenvalue weighted by atomic mass is 32.1. The minimum Gasteiger partial charge on any atom is -0.486 e. The van der Waals surface area contributed by atoms with Crippen molar-refractivity contribution in [1.82, 2.24) is 4.98 Å². The molecule has 1 amide bonds. The largest absolute Gasteiger partial charge is 0.486 e. The lowest BCUT2D eigenvalue weighted by atomic mass is 10.1. The van der Waals surface area contributed by atoms with Gasteiger partial charge in [0.25, 0.3) is 5.91 Å². The van der Waals surface area contributed by atoms with Gasteiger partial charge in [-0.15, -0.1) is 11.3 Å². The molecule has 0 radical (unpaired) electrons. The van der Waals surface area contributed by atoms with Crippen molar-refractivity contribution in [3.8, 4) is 5.75 Å². The Balaban J connectivity index is 1.70. The summed E-state index contributed by atoms with van der Waals surface area (Å²) in [6.45, 7) is 8.28. The first-order valence-corrected chi connectivity index (χ1v) is 9.29. The molecule has 0 aliphatic carbocycles. The van der Waals surface area contributed by atoms with Crippen LogP contribution in [0.3, 0.4) is 0 Å². The molecule has 0 atom stereocenters. The lowest BCUT2D eigenvalue weighted by Gasteiger charge is -2.09. The quantitative estimate of drug-likeness (QED) is 0.674. The minimum absolute atomic E-state index is 0.129. The van der Waals surface area contributed by atoms with Crippen molar-refractivity contribution in [2.24, 2.45) is 0 Å². The molecule has 0 aliphatic heterocycles. The Morgan fingerprint density at radius 1 is 1.08 bits per heavy atom. The summed E-state index contributed by atoms with van der Waals surface area (Å²) >= 11 is 1.37. The van der Waals surface area contributed by atoms with Gasteiger partial charge in [-0.2, -0.15) is 0 Å². The van der Waals surface area contributed by atoms with Crippen molar-refractivity contribution in [2.45, 2.75) is 34.3 Å². The number of carbonyl (C=O) groups is 1. The Morgan fingerprint density at radius 3 is 2.54 bits per heavy atom. The van der Waals surface area contributed by atoms with Gasteiger partial charge in [-0.1, -0.05) is 29.8 Å². The average molecular weight is 366 g/mol. The average Bonchev–Trinajstić information content (AvgIpc) is 2.99. The maximum atomic E-state index is 12.6. The zero-order valence-electron chi connectivity index (χ0n) is 15.4. The molecule has 1 heterocycles. The van der Waals surface area contributed by atoms with E-state index in [0.29, 0.717) is 11.5 Å². The Hall–Kier alpha value is -2.66. The standard InChI is InChI=1S/C21H22N2O2S/c1-13-8-10-17(11-9-13)25-12-19-22-16(4)20(26-19)21(24)23-18-7-5-6-14(2)15(18)3/h5-11H,12H2,1-4H3,(H,23,24). The van der Waals surface area contributed by atoms with E-state index in [1.807, 2.05) is 70.2 Å². The third-order valence-electron chi connectivity index (χ3n) is 4.28. The predicted octanol–water partition coefficient (Wildman–Crippen LogP) is 5.21. The summed E-state index contributed by atoms with van der Waals surface area (Å²) in [5, 5.41) is 3.78. The molecule has 0 bridgehead atoms. The first-order chi connectivity index (χ1) is 12.4. The van der Waals surface area contributed by atoms with Crippen LogP contribution in [0.15, 0.2) is 42.5 Å². The summed E-state index contributed by atoms with van der Waals surface area (Å²) in [7, 11) is 0. The molecule has 0 saturated carbocycles. The third kappa shape index (κ3) is 4.11. The molecule has 3 rings (SSSR count). The van der Waals surface area contributed by atoms with Gasteiger partial charge in [0.1, 0.15) is 22.2 Å². The van der Waals surface area contributed by atoms with E-state index in [9.17, 15) is 4.79 Å². The summed E-state index contributed by atoms with van der Waals surface area (Å²) in [6, 6.07) is 13.8. The number of rotatable bonds is 5. The summed E-state index contributed by atoms with van der Waals surface area (Å²) < 4.78 is 5.76. The maximum absolute atomic E-state index is 12.6. The molecule has 0 unspecified atom stereocenters. The maximum Gasteiger partial charge on any atom is 0.267 e. The highest BCUT2D eigenvalue weighted by Gasteiger charge is 2.16. The number of carbonyl (C=O) groups excluding carboxylic acids is 1. The molecule has 0 fully saturated rings. The number of nitrogens with zero attached hydrogens (tertiary/aromatic N) is 1. The van der Waals surface area contributed by atoms with E-state index in [1.165, 1.54) is 16.9 Å². The van der Waals surface area contributed by atoms with Gasteiger partial charge >= 0.3 is 0 Å². The number of amides is 1. The van der Waals surface area contributed by atoms with E-state index < -0.39 is 0 Å². The molecule has 5 heteroatoms. The minimum atomic E-state index is -0.129. The number of thiazole rings is 1. The van der Waals surface area contributed by atoms with Crippen molar-refractivity contribution in [3.05, 3.63) is 74.7 Å². The Labute approximate surface area is 157 Å². The summed E-state index contributed by atoms with van der Waals surface area (Å²) in [5.41, 5.74) is 4.97. The van der Waals surface area contributed by atoms with E-state index in [2.05, 4.69) is 10.3 Å². The fourth-order valence-electron chi connectivity index (χ4n) is 2.57. The van der Waals surface area contributed by atoms with Crippen molar-refractivity contribution in [3.63, 3.8) is 0 Å². The van der Waals surface area contributed by atoms with Gasteiger partial charge in [-0.3, -0.25) is 4.79 Å². The normalized spacial score (nSPS) is 10.6. The van der Waals surface area contributed by atoms with E-state index >= 15 is 0 Å². The second kappa shape index (κ2) is 7.70. The summed E-state index contributed by atoms with van der Waals surface area (Å²) in [4.78, 5) is 17.7. The van der Waals surface area contributed by atoms with Gasteiger partial charge < -0.3 is 10.1 Å². The van der Waals surface area contributed by atoms with Crippen LogP contribution in [0.25, 0.3) is 0 Å². The van der Waals surface area contributed by atoms with Gasteiger partial charge in [0.15, 0.2) is 0 Å². The number of aryl methyl sites for hydroxylation is 3. The van der Waals surface area contributed by atoms with Crippen LogP contribution in [0.1, 0.15) is 37.1 Å². The van der Waals surface area contributed by atoms with Gasteiger partial charge in [0.05, 0.1) is 5.69 Å². The molecule has 4 nitrogen and oxygen atoms in total. The van der Waals surface area contributed by atoms with E-state index in [4.69, 9.17) is 4.74 Å². The fourth-order valence-corrected chi connectivity index (χ4v) is 3.44. The molecule has 0 aliphatic rings. The van der Waals surface area contributed by atoms with E-state index in [1.54, 1.807) is 0 Å². The number of benzene rings is 2. The zero-order chi connectivity index (χ0) is 18.7. The number of anilines is 1. The zero-order valence-corrected chi connectivity index (χ0v) is 16.2. The van der Waals surface area contributed by atoms with Gasteiger partial charge in [0, 0.05) is 5.69 Å². The van der Waals surface area contributed by atoms with Crippen LogP contribution < -0.4 is 10.1 Å². The second-order valence-corrected chi connectivity index (χ2v) is 7.41. The Bertz CT molecular complexity index is 930. The summed E-state index contributed by atoms with van der Waals surface area (Å²) in [5.74, 6) is 0.667. The molecule has 0 saturated heterocycles. The molecular formula is C21H22N2O2S. The molecule has 2 aromatic carbocycles. The van der Waals surface area contributed by atoms with Crippen molar-refractivity contribution >= 4 is 22.9 Å². The van der Waals surface area contributed by atoms with Crippen molar-refractivity contribution in [2.75, 3.05) is 5.32 Å². The Kier molecular flexibility index (Phi) is 5.38. The van der Waals surface area contributed by atoms with Crippen LogP contribution >= 0.6 is 11.3 Å². The van der Waals surface area contributed by atoms with E-state index in [-0.39, 0.29) is 5.91 Å². The molecule has 1 aromatic heterocycles. The number of aromatic nitrogens is 1. The number of hydrogen-bond donors (Lipinski definition) is 1. The topological polar surface area (TPSA) is 51.2 Å². The fraction of sp³-hybridized carbons (Fsp3) is 0.238. The van der Waals surface area contributed by atoms with Crippen LogP contribution in [0.5, 0.6) is 5.75 Å². The molecule has 134 valence electrons. The Morgan fingerprint density at radius 2 is 1.81 bits per heavy atom. The smallest absolute Gasteiger partial charge is 0.267 e. The first kappa shape index (κ1) is 18.1. The second-order valence-electron chi connectivity index (χ2n) is 6.33. The van der Waals surface area contributed by atoms with E-state index in [0.717, 1.165) is 33.3 Å². The number of nitrogens with one attached hydrogen (secondary N) is 1. The highest BCUT2D eigenvalue weighted by molar-refractivity contribution is 7.13. The molecule has 0 spiro atoms. The molecule has 1 N–H and O–H groups in total. The van der Waals surface area contributed by atoms with Gasteiger partial charge in [0.2, 0.25) is 0 Å². The number of hydrogen-bond acceptors (Lipinski definition) is 4. The lowest BCUT2D eigenvalue weighted by molar-refractivity contribution is 0.102. The van der Waals surface area contributed by atoms with Crippen LogP contribution in [-0.4, -0.2) is 10.9 Å². The highest BCUT2D eigenvalue weighted by Crippen LogP contribution is 2.24. The molecule has 26 heavy (non-hydrogen) atoms. The SMILES string of the molecule is Cc1ccc(OCc2nc(C)c(C(=O)Nc3cccc(C)c3C)s2)cc1. The van der Waals surface area contributed by atoms with Crippen LogP contribution in [0.4, 0.5) is 5.69 Å². The summed E-state index contributed by atoms with van der Waals surface area (Å²) in [6.07, 6.45) is 0. The van der Waals surface area contributed by atoms with Gasteiger partial charge in [-0.25, -0.2) is 4.98 Å². The van der Waals surface area contributed by atoms with Gasteiger partial charge in [-0.05, 0) is 57.0 Å². The first-order valence-electron chi connectivity index (χ1n) is 8.47.